The number of rotatable bonds is 9. The minimum atomic E-state index is -4.41. The first kappa shape index (κ1) is 30.8. The topological polar surface area (TPSA) is 66.5 Å². The van der Waals surface area contributed by atoms with Gasteiger partial charge in [0.15, 0.2) is 0 Å². The predicted octanol–water partition coefficient (Wildman–Crippen LogP) is 5.92. The number of halogens is 3. The van der Waals surface area contributed by atoms with Gasteiger partial charge in [0.25, 0.3) is 0 Å². The van der Waals surface area contributed by atoms with Crippen LogP contribution < -0.4 is 10.2 Å². The largest absolute Gasteiger partial charge is 0.392 e. The van der Waals surface area contributed by atoms with Crippen molar-refractivity contribution < 1.29 is 27.6 Å². The van der Waals surface area contributed by atoms with Crippen molar-refractivity contribution in [3.63, 3.8) is 0 Å². The third-order valence-corrected chi connectivity index (χ3v) is 5.41. The number of hydrogen-bond acceptors (Lipinski definition) is 4. The molecule has 0 spiro atoms. The number of benzene rings is 2. The van der Waals surface area contributed by atoms with Gasteiger partial charge in [-0.25, -0.2) is 0 Å². The molecule has 2 aromatic carbocycles. The molecule has 2 rings (SSSR count). The number of nitrogens with one attached hydrogen (secondary N) is 1. The number of alkyl halides is 3. The maximum Gasteiger partial charge on any atom is 0.392 e. The van der Waals surface area contributed by atoms with E-state index in [9.17, 15) is 18.0 Å². The Morgan fingerprint density at radius 2 is 1.53 bits per heavy atom. The Morgan fingerprint density at radius 3 is 2.00 bits per heavy atom. The second-order valence-corrected chi connectivity index (χ2v) is 7.69. The van der Waals surface area contributed by atoms with E-state index < -0.39 is 24.4 Å². The van der Waals surface area contributed by atoms with Crippen LogP contribution >= 0.6 is 0 Å². The molecule has 0 saturated heterocycles. The average Bonchev–Trinajstić information content (AvgIpc) is 2.82. The van der Waals surface area contributed by atoms with Gasteiger partial charge in [-0.2, -0.15) is 13.2 Å². The molecule has 0 heterocycles. The van der Waals surface area contributed by atoms with Gasteiger partial charge in [-0.05, 0) is 69.9 Å². The van der Waals surface area contributed by atoms with Gasteiger partial charge in [-0.15, -0.1) is 0 Å². The minimum Gasteiger partial charge on any atom is -0.372 e. The Hall–Kier alpha value is -3.16. The highest BCUT2D eigenvalue weighted by molar-refractivity contribution is 5.92. The molecule has 5 nitrogen and oxygen atoms in total. The molecule has 0 aliphatic carbocycles. The lowest BCUT2D eigenvalue weighted by molar-refractivity contribution is -0.179. The summed E-state index contributed by atoms with van der Waals surface area (Å²) in [5.41, 5.74) is 4.32. The fourth-order valence-electron chi connectivity index (χ4n) is 3.48. The Morgan fingerprint density at radius 1 is 0.971 bits per heavy atom. The number of carbonyl (C=O) groups is 3. The lowest BCUT2D eigenvalue weighted by Gasteiger charge is -2.23. The Bertz CT molecular complexity index is 865. The SMILES string of the molecule is C=O.C=O.CCN(CC)c1ccc(NC(=O)CC(CCc2ccc(C)cc2)C(F)(F)F)c(C)c1. The van der Waals surface area contributed by atoms with Gasteiger partial charge in [0.1, 0.15) is 13.6 Å². The molecule has 0 fully saturated rings. The summed E-state index contributed by atoms with van der Waals surface area (Å²) in [6.45, 7) is 13.6. The van der Waals surface area contributed by atoms with Crippen molar-refractivity contribution in [3.8, 4) is 0 Å². The van der Waals surface area contributed by atoms with Crippen LogP contribution in [0.3, 0.4) is 0 Å². The van der Waals surface area contributed by atoms with E-state index in [1.54, 1.807) is 6.07 Å². The second-order valence-electron chi connectivity index (χ2n) is 7.69. The zero-order chi connectivity index (χ0) is 26.3. The van der Waals surface area contributed by atoms with E-state index in [1.165, 1.54) is 0 Å². The number of hydrogen-bond donors (Lipinski definition) is 1. The first-order valence-electron chi connectivity index (χ1n) is 11.0. The van der Waals surface area contributed by atoms with Gasteiger partial charge in [0.2, 0.25) is 5.91 Å². The van der Waals surface area contributed by atoms with E-state index >= 15 is 0 Å². The van der Waals surface area contributed by atoms with Gasteiger partial charge >= 0.3 is 6.18 Å². The minimum absolute atomic E-state index is 0.111. The van der Waals surface area contributed by atoms with Gasteiger partial charge in [-0.3, -0.25) is 4.79 Å². The van der Waals surface area contributed by atoms with E-state index in [-0.39, 0.29) is 12.8 Å². The first-order chi connectivity index (χ1) is 16.1. The maximum atomic E-state index is 13.5. The van der Waals surface area contributed by atoms with E-state index in [2.05, 4.69) is 24.1 Å². The molecule has 0 saturated carbocycles. The lowest BCUT2D eigenvalue weighted by atomic mass is 9.95. The van der Waals surface area contributed by atoms with E-state index in [4.69, 9.17) is 9.59 Å². The maximum absolute atomic E-state index is 13.5. The zero-order valence-corrected chi connectivity index (χ0v) is 20.4. The van der Waals surface area contributed by atoms with Crippen molar-refractivity contribution in [1.82, 2.24) is 0 Å². The molecule has 0 bridgehead atoms. The molecule has 2 aromatic rings. The summed E-state index contributed by atoms with van der Waals surface area (Å²) < 4.78 is 40.5. The van der Waals surface area contributed by atoms with Gasteiger partial charge in [0.05, 0.1) is 5.92 Å². The van der Waals surface area contributed by atoms with E-state index in [0.717, 1.165) is 35.5 Å². The molecule has 1 N–H and O–H groups in total. The van der Waals surface area contributed by atoms with Crippen LogP contribution in [-0.4, -0.2) is 38.8 Å². The van der Waals surface area contributed by atoms with Crippen molar-refractivity contribution in [2.24, 2.45) is 5.92 Å². The van der Waals surface area contributed by atoms with Crippen LogP contribution in [0.15, 0.2) is 42.5 Å². The Kier molecular flexibility index (Phi) is 14.2. The molecule has 1 unspecified atom stereocenters. The highest BCUT2D eigenvalue weighted by atomic mass is 19.4. The Balaban J connectivity index is 0.00000258. The quantitative estimate of drug-likeness (QED) is 0.484. The molecule has 34 heavy (non-hydrogen) atoms. The standard InChI is InChI=1S/C24H31F3N2O.2CH2O/c1-5-29(6-2)21-13-14-22(18(4)15-21)28-23(30)16-20(24(25,26)27)12-11-19-9-7-17(3)8-10-19;2*1-2/h7-10,13-15,20H,5-6,11-12,16H2,1-4H3,(H,28,30);2*1H2. The normalized spacial score (nSPS) is 11.3. The fraction of sp³-hybridized carbons (Fsp3) is 0.423. The third kappa shape index (κ3) is 10.2. The molecular weight excluding hydrogens is 445 g/mol. The molecular formula is C26H35F3N2O3. The number of aryl methyl sites for hydroxylation is 3. The Labute approximate surface area is 200 Å². The summed E-state index contributed by atoms with van der Waals surface area (Å²) >= 11 is 0. The van der Waals surface area contributed by atoms with E-state index in [1.807, 2.05) is 63.8 Å². The molecule has 8 heteroatoms. The van der Waals surface area contributed by atoms with Crippen molar-refractivity contribution in [3.05, 3.63) is 59.2 Å². The monoisotopic (exact) mass is 480 g/mol. The van der Waals surface area contributed by atoms with Gasteiger partial charge < -0.3 is 19.8 Å². The van der Waals surface area contributed by atoms with Crippen LogP contribution in [0.25, 0.3) is 0 Å². The van der Waals surface area contributed by atoms with Crippen LogP contribution in [0.2, 0.25) is 0 Å². The molecule has 0 aliphatic heterocycles. The first-order valence-corrected chi connectivity index (χ1v) is 11.0. The molecule has 1 atom stereocenters. The lowest BCUT2D eigenvalue weighted by Crippen LogP contribution is -2.28. The molecule has 0 radical (unpaired) electrons. The summed E-state index contributed by atoms with van der Waals surface area (Å²) in [6.07, 6.45) is -4.81. The number of nitrogens with zero attached hydrogens (tertiary/aromatic N) is 1. The number of amides is 1. The highest BCUT2D eigenvalue weighted by Crippen LogP contribution is 2.33. The van der Waals surface area contributed by atoms with Gasteiger partial charge in [-0.1, -0.05) is 29.8 Å². The molecule has 188 valence electrons. The molecule has 0 aliphatic rings. The fourth-order valence-corrected chi connectivity index (χ4v) is 3.48. The number of anilines is 2. The van der Waals surface area contributed by atoms with Crippen molar-refractivity contribution in [2.75, 3.05) is 23.3 Å². The summed E-state index contributed by atoms with van der Waals surface area (Å²) in [6, 6.07) is 13.0. The summed E-state index contributed by atoms with van der Waals surface area (Å²) in [4.78, 5) is 30.6. The predicted molar refractivity (Wildman–Crippen MR) is 131 cm³/mol. The van der Waals surface area contributed by atoms with Crippen molar-refractivity contribution in [1.29, 1.82) is 0 Å². The summed E-state index contributed by atoms with van der Waals surface area (Å²) in [5, 5.41) is 2.66. The van der Waals surface area contributed by atoms with Crippen LogP contribution in [0.4, 0.5) is 24.5 Å². The number of carbonyl (C=O) groups excluding carboxylic acids is 3. The average molecular weight is 481 g/mol. The zero-order valence-electron chi connectivity index (χ0n) is 20.4. The van der Waals surface area contributed by atoms with Crippen LogP contribution in [0.5, 0.6) is 0 Å². The van der Waals surface area contributed by atoms with Crippen LogP contribution in [0.1, 0.15) is 43.4 Å². The molecule has 0 aromatic heterocycles. The third-order valence-electron chi connectivity index (χ3n) is 5.41. The summed E-state index contributed by atoms with van der Waals surface area (Å²) in [5.74, 6) is -2.28. The van der Waals surface area contributed by atoms with Crippen LogP contribution in [-0.2, 0) is 20.8 Å². The van der Waals surface area contributed by atoms with Crippen LogP contribution in [0, 0.1) is 19.8 Å². The van der Waals surface area contributed by atoms with Crippen molar-refractivity contribution >= 4 is 30.9 Å². The second kappa shape index (κ2) is 15.6. The smallest absolute Gasteiger partial charge is 0.372 e. The van der Waals surface area contributed by atoms with E-state index in [0.29, 0.717) is 5.69 Å². The van der Waals surface area contributed by atoms with Crippen molar-refractivity contribution in [2.45, 2.75) is 53.1 Å². The highest BCUT2D eigenvalue weighted by Gasteiger charge is 2.40. The van der Waals surface area contributed by atoms with Gasteiger partial charge in [0, 0.05) is 30.9 Å². The summed E-state index contributed by atoms with van der Waals surface area (Å²) in [7, 11) is 0. The molecule has 1 amide bonds.